The van der Waals surface area contributed by atoms with Crippen molar-refractivity contribution in [2.45, 2.75) is 57.6 Å². The first-order chi connectivity index (χ1) is 6.84. The smallest absolute Gasteiger partial charge is 0.0623 e. The van der Waals surface area contributed by atoms with Gasteiger partial charge in [0.1, 0.15) is 0 Å². The van der Waals surface area contributed by atoms with Crippen LogP contribution in [-0.4, -0.2) is 25.3 Å². The highest BCUT2D eigenvalue weighted by molar-refractivity contribution is 4.76. The van der Waals surface area contributed by atoms with Crippen LogP contribution in [0.15, 0.2) is 0 Å². The fraction of sp³-hybridized carbons (Fsp3) is 1.00. The molecule has 0 spiro atoms. The molecule has 2 nitrogen and oxygen atoms in total. The van der Waals surface area contributed by atoms with E-state index in [9.17, 15) is 0 Å². The van der Waals surface area contributed by atoms with Crippen molar-refractivity contribution in [3.05, 3.63) is 0 Å². The summed E-state index contributed by atoms with van der Waals surface area (Å²) in [6.07, 6.45) is 8.54. The fourth-order valence-electron chi connectivity index (χ4n) is 2.68. The normalized spacial score (nSPS) is 38.8. The molecule has 1 aliphatic carbocycles. The Hall–Kier alpha value is -0.0800. The summed E-state index contributed by atoms with van der Waals surface area (Å²) in [5.41, 5.74) is 0. The molecular weight excluding hydrogens is 174 g/mol. The molecule has 1 saturated carbocycles. The molecule has 0 aromatic rings. The predicted molar refractivity (Wildman–Crippen MR) is 58.4 cm³/mol. The van der Waals surface area contributed by atoms with Gasteiger partial charge in [0, 0.05) is 6.04 Å². The molecule has 1 N–H and O–H groups in total. The third kappa shape index (κ3) is 2.96. The van der Waals surface area contributed by atoms with Crippen LogP contribution in [0, 0.1) is 5.92 Å². The van der Waals surface area contributed by atoms with Gasteiger partial charge in [-0.2, -0.15) is 0 Å². The summed E-state index contributed by atoms with van der Waals surface area (Å²) in [5.74, 6) is 0.880. The van der Waals surface area contributed by atoms with Crippen LogP contribution in [0.3, 0.4) is 0 Å². The second-order valence-corrected chi connectivity index (χ2v) is 5.02. The van der Waals surface area contributed by atoms with Crippen molar-refractivity contribution in [1.29, 1.82) is 0 Å². The summed E-state index contributed by atoms with van der Waals surface area (Å²) in [7, 11) is 0. The number of ether oxygens (including phenoxy) is 1. The van der Waals surface area contributed by atoms with E-state index in [1.165, 1.54) is 45.1 Å². The number of nitrogens with one attached hydrogen (secondary N) is 1. The van der Waals surface area contributed by atoms with Crippen LogP contribution in [0.1, 0.15) is 45.4 Å². The second-order valence-electron chi connectivity index (χ2n) is 5.02. The third-order valence-electron chi connectivity index (χ3n) is 3.58. The number of rotatable bonds is 3. The van der Waals surface area contributed by atoms with Crippen molar-refractivity contribution in [3.63, 3.8) is 0 Å². The first kappa shape index (κ1) is 10.4. The second kappa shape index (κ2) is 5.13. The molecule has 14 heavy (non-hydrogen) atoms. The molecule has 1 aliphatic heterocycles. The average molecular weight is 197 g/mol. The van der Waals surface area contributed by atoms with Gasteiger partial charge in [-0.1, -0.05) is 19.8 Å². The maximum atomic E-state index is 5.97. The van der Waals surface area contributed by atoms with E-state index in [1.807, 2.05) is 0 Å². The first-order valence-electron chi connectivity index (χ1n) is 6.19. The van der Waals surface area contributed by atoms with Gasteiger partial charge in [0.2, 0.25) is 0 Å². The van der Waals surface area contributed by atoms with E-state index in [0.29, 0.717) is 12.1 Å². The Morgan fingerprint density at radius 2 is 2.14 bits per heavy atom. The van der Waals surface area contributed by atoms with E-state index < -0.39 is 0 Å². The molecule has 2 heteroatoms. The van der Waals surface area contributed by atoms with Crippen LogP contribution in [0.4, 0.5) is 0 Å². The molecule has 1 saturated heterocycles. The van der Waals surface area contributed by atoms with Crippen LogP contribution < -0.4 is 5.32 Å². The maximum absolute atomic E-state index is 5.97. The minimum absolute atomic E-state index is 0.557. The standard InChI is InChI=1S/C12H23NO/c1-10-4-2-6-12(8-10)14-9-11-5-3-7-13-11/h10-13H,2-9H2,1H3/t10?,11-,12?/m1/s1. The molecular formula is C12H23NO. The summed E-state index contributed by atoms with van der Waals surface area (Å²) in [5, 5.41) is 3.48. The van der Waals surface area contributed by atoms with Crippen LogP contribution >= 0.6 is 0 Å². The first-order valence-corrected chi connectivity index (χ1v) is 6.19. The van der Waals surface area contributed by atoms with Crippen LogP contribution in [0.5, 0.6) is 0 Å². The molecule has 0 aromatic heterocycles. The molecule has 1 heterocycles. The zero-order valence-electron chi connectivity index (χ0n) is 9.30. The minimum atomic E-state index is 0.557. The summed E-state index contributed by atoms with van der Waals surface area (Å²) in [6.45, 7) is 4.48. The maximum Gasteiger partial charge on any atom is 0.0623 e. The topological polar surface area (TPSA) is 21.3 Å². The molecule has 0 radical (unpaired) electrons. The van der Waals surface area contributed by atoms with Gasteiger partial charge in [-0.05, 0) is 38.1 Å². The predicted octanol–water partition coefficient (Wildman–Crippen LogP) is 2.33. The fourth-order valence-corrected chi connectivity index (χ4v) is 2.68. The lowest BCUT2D eigenvalue weighted by Crippen LogP contribution is -2.31. The molecule has 0 amide bonds. The molecule has 82 valence electrons. The van der Waals surface area contributed by atoms with Crippen molar-refractivity contribution in [2.24, 2.45) is 5.92 Å². The zero-order chi connectivity index (χ0) is 9.80. The highest BCUT2D eigenvalue weighted by Gasteiger charge is 2.21. The molecule has 3 atom stereocenters. The van der Waals surface area contributed by atoms with Gasteiger partial charge < -0.3 is 10.1 Å². The number of hydrogen-bond acceptors (Lipinski definition) is 2. The summed E-state index contributed by atoms with van der Waals surface area (Å²) >= 11 is 0. The van der Waals surface area contributed by atoms with Crippen molar-refractivity contribution in [1.82, 2.24) is 5.32 Å². The Morgan fingerprint density at radius 1 is 1.21 bits per heavy atom. The average Bonchev–Trinajstić information content (AvgIpc) is 2.67. The van der Waals surface area contributed by atoms with Gasteiger partial charge in [-0.15, -0.1) is 0 Å². The van der Waals surface area contributed by atoms with Crippen LogP contribution in [0.25, 0.3) is 0 Å². The Labute approximate surface area is 87.4 Å². The van der Waals surface area contributed by atoms with Crippen LogP contribution in [0.2, 0.25) is 0 Å². The van der Waals surface area contributed by atoms with Gasteiger partial charge in [-0.25, -0.2) is 0 Å². The Morgan fingerprint density at radius 3 is 2.86 bits per heavy atom. The highest BCUT2D eigenvalue weighted by Crippen LogP contribution is 2.25. The van der Waals surface area contributed by atoms with Crippen LogP contribution in [-0.2, 0) is 4.74 Å². The monoisotopic (exact) mass is 197 g/mol. The third-order valence-corrected chi connectivity index (χ3v) is 3.58. The summed E-state index contributed by atoms with van der Waals surface area (Å²) in [4.78, 5) is 0. The van der Waals surface area contributed by atoms with Gasteiger partial charge >= 0.3 is 0 Å². The molecule has 2 unspecified atom stereocenters. The molecule has 0 bridgehead atoms. The van der Waals surface area contributed by atoms with Gasteiger partial charge in [0.15, 0.2) is 0 Å². The quantitative estimate of drug-likeness (QED) is 0.750. The van der Waals surface area contributed by atoms with E-state index >= 15 is 0 Å². The number of hydrogen-bond donors (Lipinski definition) is 1. The molecule has 2 fully saturated rings. The Kier molecular flexibility index (Phi) is 3.82. The van der Waals surface area contributed by atoms with Crippen molar-refractivity contribution < 1.29 is 4.74 Å². The molecule has 2 aliphatic rings. The SMILES string of the molecule is CC1CCCC(OC[C@H]2CCCN2)C1. The highest BCUT2D eigenvalue weighted by atomic mass is 16.5. The Balaban J connectivity index is 1.64. The summed E-state index contributed by atoms with van der Waals surface area (Å²) < 4.78 is 5.97. The lowest BCUT2D eigenvalue weighted by Gasteiger charge is -2.27. The van der Waals surface area contributed by atoms with E-state index in [1.54, 1.807) is 0 Å². The Bertz CT molecular complexity index is 166. The van der Waals surface area contributed by atoms with E-state index in [0.717, 1.165) is 12.5 Å². The van der Waals surface area contributed by atoms with Crippen molar-refractivity contribution in [2.75, 3.05) is 13.2 Å². The van der Waals surface area contributed by atoms with Crippen molar-refractivity contribution >= 4 is 0 Å². The zero-order valence-corrected chi connectivity index (χ0v) is 9.30. The lowest BCUT2D eigenvalue weighted by atomic mass is 9.89. The lowest BCUT2D eigenvalue weighted by molar-refractivity contribution is 0.00656. The van der Waals surface area contributed by atoms with Gasteiger partial charge in [0.25, 0.3) is 0 Å². The van der Waals surface area contributed by atoms with E-state index in [-0.39, 0.29) is 0 Å². The minimum Gasteiger partial charge on any atom is -0.377 e. The van der Waals surface area contributed by atoms with E-state index in [2.05, 4.69) is 12.2 Å². The van der Waals surface area contributed by atoms with Gasteiger partial charge in [0.05, 0.1) is 12.7 Å². The molecule has 0 aromatic carbocycles. The summed E-state index contributed by atoms with van der Waals surface area (Å²) in [6, 6.07) is 0.646. The van der Waals surface area contributed by atoms with E-state index in [4.69, 9.17) is 4.74 Å². The van der Waals surface area contributed by atoms with Gasteiger partial charge in [-0.3, -0.25) is 0 Å². The molecule has 2 rings (SSSR count). The largest absolute Gasteiger partial charge is 0.377 e. The van der Waals surface area contributed by atoms with Crippen molar-refractivity contribution in [3.8, 4) is 0 Å².